The number of hydrogen-bond acceptors (Lipinski definition) is 7. The van der Waals surface area contributed by atoms with Crippen molar-refractivity contribution in [1.82, 2.24) is 10.2 Å². The monoisotopic (exact) mass is 982 g/mol. The molecule has 0 saturated heterocycles. The normalized spacial score (nSPS) is 12.4. The molecule has 0 amide bonds. The van der Waals surface area contributed by atoms with Gasteiger partial charge in [0.15, 0.2) is 0 Å². The summed E-state index contributed by atoms with van der Waals surface area (Å²) in [7, 11) is 8.21. The highest BCUT2D eigenvalue weighted by molar-refractivity contribution is 9.09. The van der Waals surface area contributed by atoms with Crippen molar-refractivity contribution in [3.05, 3.63) is 143 Å². The molecule has 7 nitrogen and oxygen atoms in total. The molecular formula is C44H48Br2Cl4N2O5. The molecule has 0 aromatic heterocycles. The van der Waals surface area contributed by atoms with E-state index in [1.54, 1.807) is 35.5 Å². The Kier molecular flexibility index (Phi) is 18.9. The maximum Gasteiger partial charge on any atom is 0.137 e. The van der Waals surface area contributed by atoms with Gasteiger partial charge in [-0.05, 0) is 125 Å². The van der Waals surface area contributed by atoms with E-state index in [2.05, 4.69) is 54.2 Å². The Labute approximate surface area is 374 Å². The summed E-state index contributed by atoms with van der Waals surface area (Å²) < 4.78 is 25.7. The van der Waals surface area contributed by atoms with Crippen LogP contribution in [0.4, 0.5) is 0 Å². The van der Waals surface area contributed by atoms with E-state index in [4.69, 9.17) is 70.1 Å². The van der Waals surface area contributed by atoms with Gasteiger partial charge in [0.2, 0.25) is 0 Å². The molecule has 0 unspecified atom stereocenters. The number of aryl methyl sites for hydroxylation is 2. The van der Waals surface area contributed by atoms with Crippen molar-refractivity contribution >= 4 is 78.3 Å². The van der Waals surface area contributed by atoms with Crippen molar-refractivity contribution in [2.45, 2.75) is 57.2 Å². The van der Waals surface area contributed by atoms with Crippen LogP contribution in [0.25, 0.3) is 0 Å². The third kappa shape index (κ3) is 13.1. The SMILES string of the molecule is COc1cc(C)c(C)cc1Cl.COc1cc(CBr)c(CBr)cc1Cl.COc1cc2c(cc1Cl)CNC2.COc1ccc(CN2Cc3cc(Cl)c(OC)cc3C2)cc1. The molecule has 0 radical (unpaired) electrons. The average molecular weight is 986 g/mol. The van der Waals surface area contributed by atoms with Gasteiger partial charge in [-0.1, -0.05) is 90.4 Å². The fourth-order valence-corrected chi connectivity index (χ4v) is 8.26. The molecule has 0 spiro atoms. The molecule has 2 aliphatic rings. The van der Waals surface area contributed by atoms with Gasteiger partial charge in [-0.2, -0.15) is 0 Å². The van der Waals surface area contributed by atoms with Crippen LogP contribution in [-0.2, 0) is 43.4 Å². The lowest BCUT2D eigenvalue weighted by Crippen LogP contribution is -2.15. The molecule has 57 heavy (non-hydrogen) atoms. The third-order valence-electron chi connectivity index (χ3n) is 9.46. The minimum absolute atomic E-state index is 0.654. The number of halogens is 6. The predicted molar refractivity (Wildman–Crippen MR) is 243 cm³/mol. The summed E-state index contributed by atoms with van der Waals surface area (Å²) in [6.07, 6.45) is 0. The number of nitrogens with zero attached hydrogens (tertiary/aromatic N) is 1. The Bertz CT molecular complexity index is 2100. The predicted octanol–water partition coefficient (Wildman–Crippen LogP) is 12.9. The molecule has 2 aliphatic heterocycles. The second kappa shape index (κ2) is 23.1. The molecular weight excluding hydrogens is 938 g/mol. The number of hydrogen-bond donors (Lipinski definition) is 1. The van der Waals surface area contributed by atoms with Gasteiger partial charge in [-0.25, -0.2) is 0 Å². The summed E-state index contributed by atoms with van der Waals surface area (Å²) in [5, 5.41) is 7.57. The molecule has 1 N–H and O–H groups in total. The lowest BCUT2D eigenvalue weighted by atomic mass is 10.1. The number of nitrogens with one attached hydrogen (secondary N) is 1. The summed E-state index contributed by atoms with van der Waals surface area (Å²) in [5.41, 5.74) is 11.2. The van der Waals surface area contributed by atoms with Gasteiger partial charge in [-0.15, -0.1) is 0 Å². The summed E-state index contributed by atoms with van der Waals surface area (Å²) in [5.74, 6) is 3.87. The first-order valence-electron chi connectivity index (χ1n) is 17.9. The molecule has 5 aromatic carbocycles. The van der Waals surface area contributed by atoms with Crippen molar-refractivity contribution in [2.24, 2.45) is 0 Å². The molecule has 0 bridgehead atoms. The van der Waals surface area contributed by atoms with Crippen LogP contribution in [0.2, 0.25) is 20.1 Å². The first kappa shape index (κ1) is 46.8. The maximum atomic E-state index is 6.19. The van der Waals surface area contributed by atoms with E-state index in [0.717, 1.165) is 72.1 Å². The van der Waals surface area contributed by atoms with E-state index in [1.165, 1.54) is 50.1 Å². The largest absolute Gasteiger partial charge is 0.497 e. The molecule has 2 heterocycles. The van der Waals surface area contributed by atoms with Gasteiger partial charge in [0.25, 0.3) is 0 Å². The van der Waals surface area contributed by atoms with Gasteiger partial charge in [0, 0.05) is 43.4 Å². The third-order valence-corrected chi connectivity index (χ3v) is 11.9. The van der Waals surface area contributed by atoms with Crippen LogP contribution in [0.5, 0.6) is 28.7 Å². The minimum atomic E-state index is 0.654. The zero-order valence-electron chi connectivity index (χ0n) is 33.1. The summed E-state index contributed by atoms with van der Waals surface area (Å²) in [6.45, 7) is 8.66. The Morgan fingerprint density at radius 2 is 0.947 bits per heavy atom. The number of ether oxygens (including phenoxy) is 5. The van der Waals surface area contributed by atoms with Crippen LogP contribution >= 0.6 is 78.3 Å². The number of rotatable bonds is 9. The summed E-state index contributed by atoms with van der Waals surface area (Å²) >= 11 is 30.8. The standard InChI is InChI=1S/C17H18ClNO2.C9H9Br2ClO.C9H10ClNO.C9H11ClO/c1-20-15-5-3-12(4-6-15)9-19-10-13-7-16(18)17(21-2)8-14(13)11-19;1-13-9-3-7(5-11)6(4-10)2-8(9)12;1-12-9-3-7-5-11-4-6(7)2-8(9)10;1-6-4-8(10)9(11-3)5-7(6)2/h3-8H,9-11H2,1-2H3;2-3H,4-5H2,1H3;2-3,11H,4-5H2,1H3;4-5H,1-3H3. The molecule has 0 saturated carbocycles. The van der Waals surface area contributed by atoms with Crippen LogP contribution in [-0.4, -0.2) is 40.4 Å². The van der Waals surface area contributed by atoms with Crippen molar-refractivity contribution < 1.29 is 23.7 Å². The van der Waals surface area contributed by atoms with E-state index in [0.29, 0.717) is 20.1 Å². The second-order valence-corrected chi connectivity index (χ2v) is 16.0. The fraction of sp³-hybridized carbons (Fsp3) is 0.318. The van der Waals surface area contributed by atoms with E-state index >= 15 is 0 Å². The molecule has 7 rings (SSSR count). The Balaban J connectivity index is 0.000000175. The Morgan fingerprint density at radius 3 is 1.49 bits per heavy atom. The van der Waals surface area contributed by atoms with E-state index in [9.17, 15) is 0 Å². The van der Waals surface area contributed by atoms with Crippen LogP contribution in [0.15, 0.2) is 72.8 Å². The van der Waals surface area contributed by atoms with Gasteiger partial charge in [0.05, 0.1) is 55.6 Å². The smallest absolute Gasteiger partial charge is 0.137 e. The number of methoxy groups -OCH3 is 5. The Morgan fingerprint density at radius 1 is 0.526 bits per heavy atom. The molecule has 13 heteroatoms. The Hall–Kier alpha value is -2.86. The van der Waals surface area contributed by atoms with Crippen LogP contribution in [0.3, 0.4) is 0 Å². The topological polar surface area (TPSA) is 61.4 Å². The minimum Gasteiger partial charge on any atom is -0.497 e. The number of alkyl halides is 2. The summed E-state index contributed by atoms with van der Waals surface area (Å²) in [4.78, 5) is 2.39. The lowest BCUT2D eigenvalue weighted by molar-refractivity contribution is 0.275. The van der Waals surface area contributed by atoms with Gasteiger partial charge < -0.3 is 29.0 Å². The highest BCUT2D eigenvalue weighted by Gasteiger charge is 2.21. The van der Waals surface area contributed by atoms with Gasteiger partial charge in [0.1, 0.15) is 28.7 Å². The molecule has 5 aromatic rings. The molecule has 0 fully saturated rings. The first-order valence-corrected chi connectivity index (χ1v) is 21.7. The van der Waals surface area contributed by atoms with Gasteiger partial charge in [-0.3, -0.25) is 4.90 Å². The van der Waals surface area contributed by atoms with Crippen molar-refractivity contribution in [1.29, 1.82) is 0 Å². The van der Waals surface area contributed by atoms with Crippen LogP contribution < -0.4 is 29.0 Å². The van der Waals surface area contributed by atoms with Crippen molar-refractivity contribution in [3.8, 4) is 28.7 Å². The first-order chi connectivity index (χ1) is 27.4. The van der Waals surface area contributed by atoms with E-state index in [-0.39, 0.29) is 0 Å². The second-order valence-electron chi connectivity index (χ2n) is 13.2. The van der Waals surface area contributed by atoms with E-state index in [1.807, 2.05) is 74.5 Å². The number of benzene rings is 5. The molecule has 0 aliphatic carbocycles. The van der Waals surface area contributed by atoms with Crippen molar-refractivity contribution in [3.63, 3.8) is 0 Å². The zero-order chi connectivity index (χ0) is 41.6. The van der Waals surface area contributed by atoms with Crippen molar-refractivity contribution in [2.75, 3.05) is 35.5 Å². The quantitative estimate of drug-likeness (QED) is 0.148. The highest BCUT2D eigenvalue weighted by Crippen LogP contribution is 2.34. The van der Waals surface area contributed by atoms with Gasteiger partial charge >= 0.3 is 0 Å². The highest BCUT2D eigenvalue weighted by atomic mass is 79.9. The lowest BCUT2D eigenvalue weighted by Gasteiger charge is -2.14. The molecule has 0 atom stereocenters. The van der Waals surface area contributed by atoms with E-state index < -0.39 is 0 Å². The molecule has 306 valence electrons. The maximum absolute atomic E-state index is 6.19. The number of fused-ring (bicyclic) bond motifs is 2. The van der Waals surface area contributed by atoms with Crippen LogP contribution in [0.1, 0.15) is 50.1 Å². The average Bonchev–Trinajstić information content (AvgIpc) is 3.84. The zero-order valence-corrected chi connectivity index (χ0v) is 39.3. The summed E-state index contributed by atoms with van der Waals surface area (Å²) in [6, 6.07) is 24.0. The fourth-order valence-electron chi connectivity index (χ4n) is 6.13. The van der Waals surface area contributed by atoms with Crippen LogP contribution in [0, 0.1) is 13.8 Å².